The lowest BCUT2D eigenvalue weighted by molar-refractivity contribution is -0.991. The fourth-order valence-corrected chi connectivity index (χ4v) is 1.46. The van der Waals surface area contributed by atoms with Gasteiger partial charge >= 0.3 is 5.97 Å². The molecule has 0 aliphatic rings. The smallest absolute Gasteiger partial charge is 0.303 e. The Kier molecular flexibility index (Phi) is 5.53. The van der Waals surface area contributed by atoms with E-state index in [2.05, 4.69) is 10.9 Å². The summed E-state index contributed by atoms with van der Waals surface area (Å²) in [6.07, 6.45) is -0.620. The lowest BCUT2D eigenvalue weighted by Gasteiger charge is -2.15. The second-order valence-electron chi connectivity index (χ2n) is 3.73. The first-order chi connectivity index (χ1) is 9.31. The molecule has 10 heteroatoms. The van der Waals surface area contributed by atoms with Crippen molar-refractivity contribution in [2.75, 3.05) is 5.43 Å². The second kappa shape index (κ2) is 6.91. The third-order valence-electron chi connectivity index (χ3n) is 2.21. The zero-order valence-electron chi connectivity index (χ0n) is 10.0. The van der Waals surface area contributed by atoms with Gasteiger partial charge in [0.2, 0.25) is 5.91 Å². The summed E-state index contributed by atoms with van der Waals surface area (Å²) in [5, 5.41) is 36.2. The summed E-state index contributed by atoms with van der Waals surface area (Å²) in [6, 6.07) is 2.12. The highest BCUT2D eigenvalue weighted by molar-refractivity contribution is 6.32. The number of phenols is 1. The van der Waals surface area contributed by atoms with Crippen LogP contribution in [0.2, 0.25) is 5.02 Å². The highest BCUT2D eigenvalue weighted by Gasteiger charge is 2.13. The number of amides is 1. The summed E-state index contributed by atoms with van der Waals surface area (Å²) >= 11 is 5.64. The van der Waals surface area contributed by atoms with E-state index < -0.39 is 22.9 Å². The largest absolute Gasteiger partial charge is 0.595 e. The standard InChI is InChI=1S/C10H12ClN3O6/c11-6-3-5(14(19)20)4-7(10(6)18)12-13-8(15)1-2-9(16)17/h3-4,12,14,18-19H,1-2H2,(H,13,15)(H,16,17). The highest BCUT2D eigenvalue weighted by atomic mass is 35.5. The first kappa shape index (κ1) is 16.0. The number of hydrogen-bond acceptors (Lipinski definition) is 6. The number of carboxylic acid groups (broad SMARTS) is 1. The first-order valence-electron chi connectivity index (χ1n) is 5.33. The minimum absolute atomic E-state index is 0.112. The van der Waals surface area contributed by atoms with Gasteiger partial charge in [0.1, 0.15) is 5.69 Å². The number of phenolic OH excluding ortho intramolecular Hbond substituents is 1. The van der Waals surface area contributed by atoms with E-state index in [1.807, 2.05) is 0 Å². The molecule has 9 nitrogen and oxygen atoms in total. The van der Waals surface area contributed by atoms with Crippen molar-refractivity contribution in [1.82, 2.24) is 5.43 Å². The summed E-state index contributed by atoms with van der Waals surface area (Å²) in [5.41, 5.74) is 4.11. The van der Waals surface area contributed by atoms with Crippen molar-refractivity contribution in [2.45, 2.75) is 12.8 Å². The Balaban J connectivity index is 2.72. The molecule has 0 bridgehead atoms. The van der Waals surface area contributed by atoms with Gasteiger partial charge in [-0.3, -0.25) is 20.4 Å². The Morgan fingerprint density at radius 1 is 1.35 bits per heavy atom. The number of hydrazine groups is 1. The van der Waals surface area contributed by atoms with Crippen molar-refractivity contribution >= 4 is 34.9 Å². The number of rotatable bonds is 6. The molecule has 6 N–H and O–H groups in total. The Labute approximate surface area is 117 Å². The van der Waals surface area contributed by atoms with Crippen molar-refractivity contribution in [3.8, 4) is 5.75 Å². The van der Waals surface area contributed by atoms with Crippen LogP contribution in [-0.4, -0.2) is 27.3 Å². The summed E-state index contributed by atoms with van der Waals surface area (Å²) in [7, 11) is 0. The van der Waals surface area contributed by atoms with Crippen LogP contribution in [0.1, 0.15) is 12.8 Å². The number of quaternary nitrogens is 1. The number of hydrogen-bond donors (Lipinski definition) is 6. The van der Waals surface area contributed by atoms with Gasteiger partial charge in [-0.15, -0.1) is 0 Å². The van der Waals surface area contributed by atoms with Gasteiger partial charge in [-0.1, -0.05) is 11.6 Å². The van der Waals surface area contributed by atoms with Crippen LogP contribution in [0.25, 0.3) is 0 Å². The summed E-state index contributed by atoms with van der Waals surface area (Å²) in [5.74, 6) is -2.20. The molecule has 0 fully saturated rings. The normalized spacial score (nSPS) is 11.8. The molecule has 0 saturated heterocycles. The first-order valence-corrected chi connectivity index (χ1v) is 5.71. The lowest BCUT2D eigenvalue weighted by atomic mass is 10.2. The van der Waals surface area contributed by atoms with Gasteiger partial charge in [0.25, 0.3) is 0 Å². The molecule has 1 aromatic carbocycles. The molecule has 0 aromatic heterocycles. The molecule has 1 unspecified atom stereocenters. The molecule has 1 atom stereocenters. The van der Waals surface area contributed by atoms with Crippen LogP contribution in [0.5, 0.6) is 5.75 Å². The van der Waals surface area contributed by atoms with E-state index in [9.17, 15) is 19.9 Å². The number of nitrogens with one attached hydrogen (secondary N) is 3. The highest BCUT2D eigenvalue weighted by Crippen LogP contribution is 2.33. The van der Waals surface area contributed by atoms with E-state index in [1.165, 1.54) is 0 Å². The van der Waals surface area contributed by atoms with Crippen molar-refractivity contribution < 1.29 is 30.2 Å². The summed E-state index contributed by atoms with van der Waals surface area (Å²) < 4.78 is 0. The van der Waals surface area contributed by atoms with E-state index >= 15 is 0 Å². The molecular weight excluding hydrogens is 294 g/mol. The number of aromatic hydroxyl groups is 1. The molecule has 0 aliphatic carbocycles. The predicted molar refractivity (Wildman–Crippen MR) is 67.5 cm³/mol. The minimum Gasteiger partial charge on any atom is -0.595 e. The molecule has 0 aliphatic heterocycles. The molecule has 0 spiro atoms. The van der Waals surface area contributed by atoms with Gasteiger partial charge in [-0.05, 0) is 0 Å². The van der Waals surface area contributed by atoms with Crippen LogP contribution in [0.15, 0.2) is 12.1 Å². The maximum Gasteiger partial charge on any atom is 0.303 e. The lowest BCUT2D eigenvalue weighted by Crippen LogP contribution is -2.99. The van der Waals surface area contributed by atoms with Crippen molar-refractivity contribution in [3.63, 3.8) is 0 Å². The fourth-order valence-electron chi connectivity index (χ4n) is 1.24. The number of carbonyl (C=O) groups excluding carboxylic acids is 1. The Morgan fingerprint density at radius 3 is 2.55 bits per heavy atom. The molecule has 0 heterocycles. The number of benzene rings is 1. The molecule has 0 radical (unpaired) electrons. The second-order valence-corrected chi connectivity index (χ2v) is 4.13. The Bertz CT molecular complexity index is 522. The molecule has 110 valence electrons. The van der Waals surface area contributed by atoms with Gasteiger partial charge in [0.15, 0.2) is 11.4 Å². The number of anilines is 1. The Morgan fingerprint density at radius 2 is 2.00 bits per heavy atom. The molecule has 1 rings (SSSR count). The molecule has 1 amide bonds. The van der Waals surface area contributed by atoms with E-state index in [-0.39, 0.29) is 29.2 Å². The van der Waals surface area contributed by atoms with Crippen LogP contribution in [0.3, 0.4) is 0 Å². The van der Waals surface area contributed by atoms with E-state index in [1.54, 1.807) is 0 Å². The topological polar surface area (TPSA) is 146 Å². The molecule has 1 aromatic rings. The van der Waals surface area contributed by atoms with Crippen molar-refractivity contribution in [3.05, 3.63) is 22.4 Å². The van der Waals surface area contributed by atoms with Crippen LogP contribution in [0.4, 0.5) is 11.4 Å². The fraction of sp³-hybridized carbons (Fsp3) is 0.200. The van der Waals surface area contributed by atoms with Crippen LogP contribution < -0.4 is 16.1 Å². The van der Waals surface area contributed by atoms with Gasteiger partial charge < -0.3 is 15.4 Å². The average molecular weight is 306 g/mol. The predicted octanol–water partition coefficient (Wildman–Crippen LogP) is -0.243. The number of halogens is 1. The minimum atomic E-state index is -1.26. The third-order valence-corrected chi connectivity index (χ3v) is 2.50. The Hall–Kier alpha value is -2.07. The van der Waals surface area contributed by atoms with E-state index in [0.717, 1.165) is 12.1 Å². The van der Waals surface area contributed by atoms with E-state index in [0.29, 0.717) is 0 Å². The van der Waals surface area contributed by atoms with Gasteiger partial charge in [-0.2, -0.15) is 5.23 Å². The molecule has 0 saturated carbocycles. The summed E-state index contributed by atoms with van der Waals surface area (Å²) in [6.45, 7) is 0. The van der Waals surface area contributed by atoms with Crippen molar-refractivity contribution in [2.24, 2.45) is 0 Å². The zero-order valence-corrected chi connectivity index (χ0v) is 10.8. The molecule has 20 heavy (non-hydrogen) atoms. The van der Waals surface area contributed by atoms with Crippen molar-refractivity contribution in [1.29, 1.82) is 0 Å². The van der Waals surface area contributed by atoms with Crippen LogP contribution in [-0.2, 0) is 9.59 Å². The SMILES string of the molecule is O=C(O)CCC(=O)NNc1cc([NH+]([O-])O)cc(Cl)c1O. The maximum absolute atomic E-state index is 11.3. The average Bonchev–Trinajstić information content (AvgIpc) is 2.37. The van der Waals surface area contributed by atoms with Gasteiger partial charge in [-0.25, -0.2) is 5.21 Å². The number of carboxylic acids is 1. The molecular formula is C10H12ClN3O6. The van der Waals surface area contributed by atoms with Gasteiger partial charge in [0.05, 0.1) is 11.4 Å². The van der Waals surface area contributed by atoms with Crippen LogP contribution in [0, 0.1) is 5.21 Å². The maximum atomic E-state index is 11.3. The number of aliphatic carboxylic acids is 1. The third kappa shape index (κ3) is 4.55. The zero-order chi connectivity index (χ0) is 15.3. The number of carbonyl (C=O) groups is 2. The van der Waals surface area contributed by atoms with E-state index in [4.69, 9.17) is 21.9 Å². The van der Waals surface area contributed by atoms with Gasteiger partial charge in [0, 0.05) is 18.6 Å². The monoisotopic (exact) mass is 305 g/mol. The summed E-state index contributed by atoms with van der Waals surface area (Å²) in [4.78, 5) is 21.5. The van der Waals surface area contributed by atoms with Crippen LogP contribution >= 0.6 is 11.6 Å². The quantitative estimate of drug-likeness (QED) is 0.241.